The van der Waals surface area contributed by atoms with Crippen molar-refractivity contribution in [3.05, 3.63) is 23.8 Å². The molecule has 3 rings (SSSR count). The Bertz CT molecular complexity index is 774. The van der Waals surface area contributed by atoms with Gasteiger partial charge >= 0.3 is 6.09 Å². The third-order valence-corrected chi connectivity index (χ3v) is 5.71. The van der Waals surface area contributed by atoms with Crippen LogP contribution in [0.1, 0.15) is 38.7 Å². The molecule has 7 nitrogen and oxygen atoms in total. The number of ether oxygens (including phenoxy) is 1. The van der Waals surface area contributed by atoms with Gasteiger partial charge in [0.25, 0.3) is 0 Å². The van der Waals surface area contributed by atoms with Gasteiger partial charge in [0.15, 0.2) is 0 Å². The second-order valence-corrected chi connectivity index (χ2v) is 9.35. The van der Waals surface area contributed by atoms with E-state index in [2.05, 4.69) is 16.3 Å². The van der Waals surface area contributed by atoms with Crippen molar-refractivity contribution < 1.29 is 18.7 Å². The van der Waals surface area contributed by atoms with Crippen LogP contribution < -0.4 is 10.2 Å². The summed E-state index contributed by atoms with van der Waals surface area (Å²) in [5.74, 6) is 0.284. The number of hydrogen-bond acceptors (Lipinski definition) is 5. The quantitative estimate of drug-likeness (QED) is 0.742. The molecule has 2 saturated heterocycles. The highest BCUT2D eigenvalue weighted by molar-refractivity contribution is 5.83. The molecule has 1 aromatic carbocycles. The van der Waals surface area contributed by atoms with Gasteiger partial charge in [0.05, 0.1) is 17.9 Å². The lowest BCUT2D eigenvalue weighted by molar-refractivity contribution is -0.105. The monoisotopic (exact) mass is 420 g/mol. The van der Waals surface area contributed by atoms with E-state index in [4.69, 9.17) is 4.74 Å². The number of piperidine rings is 1. The Morgan fingerprint density at radius 1 is 1.27 bits per heavy atom. The third-order valence-electron chi connectivity index (χ3n) is 5.71. The standard InChI is InChI=1S/C22H33FN4O3/c1-22(2,3)30-21(29)26-10-9-19(17(23)13-26)27-11-15(12-27)16-7-6-8-18(24-14-28)20(16)25(4)5/h6-8,14-15,17,19H,9-13H2,1-5H3,(H,24,28). The number of nitrogens with zero attached hydrogens (tertiary/aromatic N) is 3. The molecule has 2 unspecified atom stereocenters. The van der Waals surface area contributed by atoms with Crippen molar-refractivity contribution >= 4 is 23.9 Å². The lowest BCUT2D eigenvalue weighted by Crippen LogP contribution is -2.60. The number of hydrogen-bond donors (Lipinski definition) is 1. The minimum absolute atomic E-state index is 0.0719. The molecule has 0 saturated carbocycles. The second-order valence-electron chi connectivity index (χ2n) is 9.35. The average Bonchev–Trinajstić information content (AvgIpc) is 2.60. The van der Waals surface area contributed by atoms with E-state index in [1.807, 2.05) is 51.9 Å². The van der Waals surface area contributed by atoms with Crippen LogP contribution in [0, 0.1) is 0 Å². The number of halogens is 1. The van der Waals surface area contributed by atoms with Gasteiger partial charge in [-0.05, 0) is 38.8 Å². The number of carbonyl (C=O) groups is 2. The van der Waals surface area contributed by atoms with Crippen LogP contribution in [0.5, 0.6) is 0 Å². The first-order valence-corrected chi connectivity index (χ1v) is 10.5. The van der Waals surface area contributed by atoms with Gasteiger partial charge < -0.3 is 19.9 Å². The van der Waals surface area contributed by atoms with Crippen LogP contribution in [0.2, 0.25) is 0 Å². The van der Waals surface area contributed by atoms with E-state index in [1.165, 1.54) is 4.90 Å². The summed E-state index contributed by atoms with van der Waals surface area (Å²) in [7, 11) is 3.91. The predicted molar refractivity (Wildman–Crippen MR) is 116 cm³/mol. The number of nitrogens with one attached hydrogen (secondary N) is 1. The first-order valence-electron chi connectivity index (χ1n) is 10.5. The predicted octanol–water partition coefficient (Wildman–Crippen LogP) is 3.07. The number of likely N-dealkylation sites (tertiary alicyclic amines) is 2. The largest absolute Gasteiger partial charge is 0.444 e. The molecule has 1 aromatic rings. The normalized spacial score (nSPS) is 22.9. The van der Waals surface area contributed by atoms with Crippen molar-refractivity contribution in [2.45, 2.75) is 50.9 Å². The van der Waals surface area contributed by atoms with Gasteiger partial charge in [-0.2, -0.15) is 0 Å². The van der Waals surface area contributed by atoms with Crippen molar-refractivity contribution in [3.8, 4) is 0 Å². The summed E-state index contributed by atoms with van der Waals surface area (Å²) in [6.45, 7) is 7.54. The van der Waals surface area contributed by atoms with Crippen LogP contribution in [0.15, 0.2) is 18.2 Å². The van der Waals surface area contributed by atoms with E-state index < -0.39 is 17.9 Å². The van der Waals surface area contributed by atoms with E-state index in [0.29, 0.717) is 19.4 Å². The SMILES string of the molecule is CN(C)c1c(NC=O)cccc1C1CN(C2CCN(C(=O)OC(C)(C)C)CC2F)C1. The summed E-state index contributed by atoms with van der Waals surface area (Å²) < 4.78 is 20.3. The fraction of sp³-hybridized carbons (Fsp3) is 0.636. The number of amides is 2. The molecule has 2 heterocycles. The molecule has 2 amide bonds. The zero-order chi connectivity index (χ0) is 22.1. The van der Waals surface area contributed by atoms with Gasteiger partial charge in [0.1, 0.15) is 11.8 Å². The van der Waals surface area contributed by atoms with Crippen LogP contribution in [0.25, 0.3) is 0 Å². The Balaban J connectivity index is 1.61. The van der Waals surface area contributed by atoms with Gasteiger partial charge in [0.2, 0.25) is 6.41 Å². The van der Waals surface area contributed by atoms with Crippen LogP contribution in [-0.4, -0.2) is 80.4 Å². The van der Waals surface area contributed by atoms with Crippen LogP contribution in [-0.2, 0) is 9.53 Å². The molecule has 166 valence electrons. The fourth-order valence-corrected chi connectivity index (χ4v) is 4.35. The number of para-hydroxylation sites is 1. The average molecular weight is 421 g/mol. The van der Waals surface area contributed by atoms with Crippen LogP contribution in [0.4, 0.5) is 20.6 Å². The summed E-state index contributed by atoms with van der Waals surface area (Å²) in [5.41, 5.74) is 2.34. The molecular formula is C22H33FN4O3. The summed E-state index contributed by atoms with van der Waals surface area (Å²) in [4.78, 5) is 28.8. The first kappa shape index (κ1) is 22.3. The van der Waals surface area contributed by atoms with E-state index in [9.17, 15) is 14.0 Å². The van der Waals surface area contributed by atoms with Crippen LogP contribution in [0.3, 0.4) is 0 Å². The van der Waals surface area contributed by atoms with E-state index in [0.717, 1.165) is 30.0 Å². The molecule has 1 N–H and O–H groups in total. The number of anilines is 2. The topological polar surface area (TPSA) is 65.1 Å². The minimum Gasteiger partial charge on any atom is -0.444 e. The molecule has 2 aliphatic rings. The van der Waals surface area contributed by atoms with Crippen molar-refractivity contribution in [2.24, 2.45) is 0 Å². The molecule has 0 aliphatic carbocycles. The maximum atomic E-state index is 14.9. The second kappa shape index (κ2) is 8.79. The molecule has 0 radical (unpaired) electrons. The smallest absolute Gasteiger partial charge is 0.410 e. The molecular weight excluding hydrogens is 387 g/mol. The lowest BCUT2D eigenvalue weighted by atomic mass is 9.86. The highest BCUT2D eigenvalue weighted by Crippen LogP contribution is 2.40. The highest BCUT2D eigenvalue weighted by atomic mass is 19.1. The summed E-state index contributed by atoms with van der Waals surface area (Å²) in [6, 6.07) is 5.71. The van der Waals surface area contributed by atoms with Gasteiger partial charge in [0, 0.05) is 45.7 Å². The van der Waals surface area contributed by atoms with E-state index in [-0.39, 0.29) is 18.5 Å². The third kappa shape index (κ3) is 4.86. The van der Waals surface area contributed by atoms with Crippen LogP contribution >= 0.6 is 0 Å². The maximum absolute atomic E-state index is 14.9. The number of benzene rings is 1. The van der Waals surface area contributed by atoms with Crippen molar-refractivity contribution in [1.29, 1.82) is 0 Å². The Morgan fingerprint density at radius 2 is 1.97 bits per heavy atom. The van der Waals surface area contributed by atoms with Gasteiger partial charge in [-0.15, -0.1) is 0 Å². The first-order chi connectivity index (χ1) is 14.1. The molecule has 0 aromatic heterocycles. The minimum atomic E-state index is -1.09. The van der Waals surface area contributed by atoms with Crippen molar-refractivity contribution in [3.63, 3.8) is 0 Å². The molecule has 30 heavy (non-hydrogen) atoms. The van der Waals surface area contributed by atoms with E-state index >= 15 is 0 Å². The fourth-order valence-electron chi connectivity index (χ4n) is 4.35. The molecule has 2 fully saturated rings. The van der Waals surface area contributed by atoms with Crippen molar-refractivity contribution in [2.75, 3.05) is 50.5 Å². The summed E-state index contributed by atoms with van der Waals surface area (Å²) in [6.07, 6.45) is -0.255. The Labute approximate surface area is 178 Å². The van der Waals surface area contributed by atoms with E-state index in [1.54, 1.807) is 0 Å². The zero-order valence-electron chi connectivity index (χ0n) is 18.5. The highest BCUT2D eigenvalue weighted by Gasteiger charge is 2.42. The van der Waals surface area contributed by atoms with Gasteiger partial charge in [-0.25, -0.2) is 9.18 Å². The molecule has 8 heteroatoms. The summed E-state index contributed by atoms with van der Waals surface area (Å²) >= 11 is 0. The lowest BCUT2D eigenvalue weighted by Gasteiger charge is -2.49. The van der Waals surface area contributed by atoms with Gasteiger partial charge in [-0.3, -0.25) is 9.69 Å². The number of rotatable bonds is 5. The molecule has 0 bridgehead atoms. The molecule has 0 spiro atoms. The maximum Gasteiger partial charge on any atom is 0.410 e. The molecule has 2 aliphatic heterocycles. The summed E-state index contributed by atoms with van der Waals surface area (Å²) in [5, 5.41) is 2.77. The van der Waals surface area contributed by atoms with Gasteiger partial charge in [-0.1, -0.05) is 12.1 Å². The Kier molecular flexibility index (Phi) is 6.55. The number of alkyl halides is 1. The Hall–Kier alpha value is -2.35. The van der Waals surface area contributed by atoms with Crippen molar-refractivity contribution in [1.82, 2.24) is 9.80 Å². The Morgan fingerprint density at radius 3 is 2.53 bits per heavy atom. The zero-order valence-corrected chi connectivity index (χ0v) is 18.5. The molecule has 2 atom stereocenters. The number of carbonyl (C=O) groups excluding carboxylic acids is 2.